The SMILES string of the molecule is O=C(NCc1ccccc1)Nc1ccc(-c2ccccc2)cc1. The molecule has 3 heteroatoms. The Morgan fingerprint density at radius 3 is 1.91 bits per heavy atom. The molecular weight excluding hydrogens is 284 g/mol. The molecule has 0 aliphatic carbocycles. The van der Waals surface area contributed by atoms with Crippen LogP contribution in [0, 0.1) is 0 Å². The molecule has 0 saturated carbocycles. The van der Waals surface area contributed by atoms with Crippen LogP contribution in [0.5, 0.6) is 0 Å². The lowest BCUT2D eigenvalue weighted by molar-refractivity contribution is 0.251. The highest BCUT2D eigenvalue weighted by molar-refractivity contribution is 5.89. The van der Waals surface area contributed by atoms with Gasteiger partial charge in [0.1, 0.15) is 0 Å². The molecule has 23 heavy (non-hydrogen) atoms. The van der Waals surface area contributed by atoms with Crippen molar-refractivity contribution < 1.29 is 4.79 Å². The smallest absolute Gasteiger partial charge is 0.319 e. The minimum Gasteiger partial charge on any atom is -0.334 e. The maximum absolute atomic E-state index is 11.9. The van der Waals surface area contributed by atoms with E-state index in [2.05, 4.69) is 22.8 Å². The van der Waals surface area contributed by atoms with E-state index in [4.69, 9.17) is 0 Å². The van der Waals surface area contributed by atoms with Crippen LogP contribution in [0.1, 0.15) is 5.56 Å². The fraction of sp³-hybridized carbons (Fsp3) is 0.0500. The van der Waals surface area contributed by atoms with Crippen molar-refractivity contribution in [1.29, 1.82) is 0 Å². The molecule has 0 bridgehead atoms. The standard InChI is InChI=1S/C20H18N2O/c23-20(21-15-16-7-3-1-4-8-16)22-19-13-11-18(12-14-19)17-9-5-2-6-10-17/h1-14H,15H2,(H2,21,22,23). The monoisotopic (exact) mass is 302 g/mol. The Kier molecular flexibility index (Phi) is 4.69. The zero-order valence-corrected chi connectivity index (χ0v) is 12.7. The van der Waals surface area contributed by atoms with Gasteiger partial charge in [-0.3, -0.25) is 0 Å². The summed E-state index contributed by atoms with van der Waals surface area (Å²) in [4.78, 5) is 11.9. The minimum atomic E-state index is -0.207. The summed E-state index contributed by atoms with van der Waals surface area (Å²) in [5.74, 6) is 0. The maximum atomic E-state index is 11.9. The second-order valence-corrected chi connectivity index (χ2v) is 5.24. The molecule has 3 aromatic rings. The van der Waals surface area contributed by atoms with Crippen LogP contribution in [-0.2, 0) is 6.54 Å². The average molecular weight is 302 g/mol. The fourth-order valence-electron chi connectivity index (χ4n) is 2.33. The van der Waals surface area contributed by atoms with E-state index in [0.29, 0.717) is 6.54 Å². The number of hydrogen-bond donors (Lipinski definition) is 2. The Balaban J connectivity index is 1.57. The highest BCUT2D eigenvalue weighted by atomic mass is 16.2. The van der Waals surface area contributed by atoms with E-state index in [0.717, 1.165) is 22.4 Å². The molecule has 0 fully saturated rings. The van der Waals surface area contributed by atoms with Gasteiger partial charge >= 0.3 is 6.03 Å². The summed E-state index contributed by atoms with van der Waals surface area (Å²) in [7, 11) is 0. The van der Waals surface area contributed by atoms with Crippen molar-refractivity contribution in [3.63, 3.8) is 0 Å². The second-order valence-electron chi connectivity index (χ2n) is 5.24. The normalized spacial score (nSPS) is 10.1. The number of rotatable bonds is 4. The van der Waals surface area contributed by atoms with Crippen molar-refractivity contribution in [1.82, 2.24) is 5.32 Å². The van der Waals surface area contributed by atoms with Gasteiger partial charge in [-0.25, -0.2) is 4.79 Å². The van der Waals surface area contributed by atoms with Gasteiger partial charge < -0.3 is 10.6 Å². The number of carbonyl (C=O) groups is 1. The third kappa shape index (κ3) is 4.20. The third-order valence-electron chi connectivity index (χ3n) is 3.55. The Hall–Kier alpha value is -3.07. The van der Waals surface area contributed by atoms with Crippen LogP contribution < -0.4 is 10.6 Å². The molecular formula is C20H18N2O. The molecule has 0 unspecified atom stereocenters. The fourth-order valence-corrected chi connectivity index (χ4v) is 2.33. The lowest BCUT2D eigenvalue weighted by Crippen LogP contribution is -2.28. The predicted molar refractivity (Wildman–Crippen MR) is 94.2 cm³/mol. The van der Waals surface area contributed by atoms with Crippen LogP contribution in [0.15, 0.2) is 84.9 Å². The van der Waals surface area contributed by atoms with E-state index in [1.54, 1.807) is 0 Å². The summed E-state index contributed by atoms with van der Waals surface area (Å²) in [6.07, 6.45) is 0. The van der Waals surface area contributed by atoms with Gasteiger partial charge in [-0.1, -0.05) is 72.8 Å². The number of amides is 2. The molecule has 0 radical (unpaired) electrons. The molecule has 3 rings (SSSR count). The average Bonchev–Trinajstić information content (AvgIpc) is 2.62. The van der Waals surface area contributed by atoms with Crippen LogP contribution in [-0.4, -0.2) is 6.03 Å². The van der Waals surface area contributed by atoms with E-state index in [1.165, 1.54) is 0 Å². The van der Waals surface area contributed by atoms with Crippen molar-refractivity contribution in [3.8, 4) is 11.1 Å². The lowest BCUT2D eigenvalue weighted by Gasteiger charge is -2.08. The van der Waals surface area contributed by atoms with Gasteiger partial charge in [-0.15, -0.1) is 0 Å². The molecule has 2 N–H and O–H groups in total. The first-order chi connectivity index (χ1) is 11.3. The number of benzene rings is 3. The molecule has 3 nitrogen and oxygen atoms in total. The molecule has 0 spiro atoms. The quantitative estimate of drug-likeness (QED) is 0.722. The number of hydrogen-bond acceptors (Lipinski definition) is 1. The van der Waals surface area contributed by atoms with E-state index in [1.807, 2.05) is 72.8 Å². The maximum Gasteiger partial charge on any atom is 0.319 e. The Morgan fingerprint density at radius 2 is 1.26 bits per heavy atom. The first-order valence-corrected chi connectivity index (χ1v) is 7.55. The molecule has 0 heterocycles. The highest BCUT2D eigenvalue weighted by Crippen LogP contribution is 2.20. The minimum absolute atomic E-state index is 0.207. The third-order valence-corrected chi connectivity index (χ3v) is 3.55. The Bertz CT molecular complexity index is 753. The van der Waals surface area contributed by atoms with Crippen LogP contribution in [0.25, 0.3) is 11.1 Å². The summed E-state index contributed by atoms with van der Waals surface area (Å²) in [5, 5.41) is 5.68. The van der Waals surface area contributed by atoms with Gasteiger partial charge in [0.05, 0.1) is 0 Å². The largest absolute Gasteiger partial charge is 0.334 e. The molecule has 114 valence electrons. The van der Waals surface area contributed by atoms with Crippen molar-refractivity contribution in [2.75, 3.05) is 5.32 Å². The molecule has 0 atom stereocenters. The van der Waals surface area contributed by atoms with Crippen LogP contribution in [0.2, 0.25) is 0 Å². The molecule has 0 aromatic heterocycles. The van der Waals surface area contributed by atoms with Crippen molar-refractivity contribution in [2.45, 2.75) is 6.54 Å². The van der Waals surface area contributed by atoms with E-state index >= 15 is 0 Å². The van der Waals surface area contributed by atoms with Crippen molar-refractivity contribution >= 4 is 11.7 Å². The number of nitrogens with one attached hydrogen (secondary N) is 2. The predicted octanol–water partition coefficient (Wildman–Crippen LogP) is 4.68. The Morgan fingerprint density at radius 1 is 0.696 bits per heavy atom. The number of anilines is 1. The van der Waals surface area contributed by atoms with Crippen LogP contribution in [0.3, 0.4) is 0 Å². The van der Waals surface area contributed by atoms with Gasteiger partial charge in [0.15, 0.2) is 0 Å². The van der Waals surface area contributed by atoms with Gasteiger partial charge in [0.2, 0.25) is 0 Å². The zero-order chi connectivity index (χ0) is 15.9. The number of carbonyl (C=O) groups excluding carboxylic acids is 1. The number of urea groups is 1. The van der Waals surface area contributed by atoms with Gasteiger partial charge in [-0.2, -0.15) is 0 Å². The highest BCUT2D eigenvalue weighted by Gasteiger charge is 2.02. The molecule has 0 aliphatic rings. The Labute approximate surface area is 136 Å². The first kappa shape index (κ1) is 14.9. The van der Waals surface area contributed by atoms with Crippen molar-refractivity contribution in [2.24, 2.45) is 0 Å². The molecule has 2 amide bonds. The van der Waals surface area contributed by atoms with Crippen molar-refractivity contribution in [3.05, 3.63) is 90.5 Å². The van der Waals surface area contributed by atoms with E-state index < -0.39 is 0 Å². The molecule has 0 saturated heterocycles. The van der Waals surface area contributed by atoms with Crippen LogP contribution in [0.4, 0.5) is 10.5 Å². The summed E-state index contributed by atoms with van der Waals surface area (Å²) in [6.45, 7) is 0.509. The van der Waals surface area contributed by atoms with Gasteiger partial charge in [0, 0.05) is 12.2 Å². The van der Waals surface area contributed by atoms with E-state index in [9.17, 15) is 4.79 Å². The summed E-state index contributed by atoms with van der Waals surface area (Å²) >= 11 is 0. The van der Waals surface area contributed by atoms with E-state index in [-0.39, 0.29) is 6.03 Å². The molecule has 0 aliphatic heterocycles. The summed E-state index contributed by atoms with van der Waals surface area (Å²) in [6, 6.07) is 27.6. The van der Waals surface area contributed by atoms with Crippen LogP contribution >= 0.6 is 0 Å². The lowest BCUT2D eigenvalue weighted by atomic mass is 10.1. The summed E-state index contributed by atoms with van der Waals surface area (Å²) < 4.78 is 0. The first-order valence-electron chi connectivity index (χ1n) is 7.55. The molecule has 3 aromatic carbocycles. The zero-order valence-electron chi connectivity index (χ0n) is 12.7. The summed E-state index contributed by atoms with van der Waals surface area (Å²) in [5.41, 5.74) is 4.13. The topological polar surface area (TPSA) is 41.1 Å². The van der Waals surface area contributed by atoms with Gasteiger partial charge in [-0.05, 0) is 28.8 Å². The second kappa shape index (κ2) is 7.27. The van der Waals surface area contributed by atoms with Gasteiger partial charge in [0.25, 0.3) is 0 Å².